The van der Waals surface area contributed by atoms with E-state index in [1.54, 1.807) is 4.90 Å². The average Bonchev–Trinajstić information content (AvgIpc) is 3.42. The first-order valence-corrected chi connectivity index (χ1v) is 20.6. The van der Waals surface area contributed by atoms with Crippen molar-refractivity contribution in [1.29, 1.82) is 0 Å². The number of fused-ring (bicyclic) bond motifs is 2. The zero-order chi connectivity index (χ0) is 42.2. The smallest absolute Gasteiger partial charge is 0.315 e. The highest BCUT2D eigenvalue weighted by molar-refractivity contribution is 6.38. The van der Waals surface area contributed by atoms with Crippen molar-refractivity contribution in [2.45, 2.75) is 131 Å². The minimum absolute atomic E-state index is 0.0116. The first kappa shape index (κ1) is 43.6. The maximum Gasteiger partial charge on any atom is 0.315 e. The van der Waals surface area contributed by atoms with Crippen LogP contribution in [0.2, 0.25) is 0 Å². The number of amides is 7. The Balaban J connectivity index is 1.43. The Labute approximate surface area is 337 Å². The molecule has 1 aromatic carbocycles. The lowest BCUT2D eigenvalue weighted by molar-refractivity contribution is -0.153. The summed E-state index contributed by atoms with van der Waals surface area (Å²) in [5, 5.41) is 11.4. The van der Waals surface area contributed by atoms with Crippen molar-refractivity contribution in [3.63, 3.8) is 0 Å². The highest BCUT2D eigenvalue weighted by Gasteiger charge is 2.70. The van der Waals surface area contributed by atoms with Crippen LogP contribution in [0.3, 0.4) is 0 Å². The van der Waals surface area contributed by atoms with Crippen molar-refractivity contribution < 1.29 is 33.6 Å². The fraction of sp³-hybridized carbons (Fsp3) is 0.659. The van der Waals surface area contributed by atoms with Gasteiger partial charge in [-0.2, -0.15) is 0 Å². The molecule has 1 unspecified atom stereocenters. The third-order valence-corrected chi connectivity index (χ3v) is 13.0. The van der Waals surface area contributed by atoms with E-state index < -0.39 is 69.9 Å². The van der Waals surface area contributed by atoms with Gasteiger partial charge in [-0.25, -0.2) is 4.79 Å². The summed E-state index contributed by atoms with van der Waals surface area (Å²) in [6.07, 6.45) is 4.53. The molecular weight excluding hydrogens is 725 g/mol. The van der Waals surface area contributed by atoms with Gasteiger partial charge >= 0.3 is 6.03 Å². The van der Waals surface area contributed by atoms with E-state index in [-0.39, 0.29) is 61.4 Å². The van der Waals surface area contributed by atoms with Crippen molar-refractivity contribution in [2.75, 3.05) is 19.6 Å². The van der Waals surface area contributed by atoms with Gasteiger partial charge in [0.25, 0.3) is 5.91 Å². The van der Waals surface area contributed by atoms with Gasteiger partial charge in [-0.1, -0.05) is 105 Å². The first-order chi connectivity index (χ1) is 26.5. The molecule has 312 valence electrons. The molecule has 4 N–H and O–H groups in total. The Morgan fingerprint density at radius 1 is 0.912 bits per heavy atom. The van der Waals surface area contributed by atoms with E-state index in [0.29, 0.717) is 25.8 Å². The van der Waals surface area contributed by atoms with Gasteiger partial charge in [-0.3, -0.25) is 33.7 Å². The Morgan fingerprint density at radius 2 is 1.51 bits per heavy atom. The van der Waals surface area contributed by atoms with Crippen LogP contribution < -0.4 is 21.3 Å². The summed E-state index contributed by atoms with van der Waals surface area (Å²) >= 11 is 0. The van der Waals surface area contributed by atoms with Crippen LogP contribution in [0.1, 0.15) is 106 Å². The standard InChI is InChI=1S/C44H64N6O7/c1-11-13-18-29(35(53)38(55)45-19-12-2)46-37(54)34-33-28(43(33,8)9)24-50(34)39(56)36(44(10)20-26-16-14-15-17-27(26)21-44)48-40(57)47-30(41(3,4)5)25-49-31(51)22-42(6,7)23-32(49)52/h12,14-17,28-30,33-34,36H,2,11,13,18-25H2,1,3-10H3,(H,45,55)(H,46,54)(H2,47,48,57)/t28-,29?,30-,33-,34-,36+/m0/s1. The number of carbonyl (C=O) groups excluding carboxylic acids is 7. The molecule has 3 fully saturated rings. The molecule has 2 aliphatic heterocycles. The fourth-order valence-corrected chi connectivity index (χ4v) is 9.36. The topological polar surface area (TPSA) is 174 Å². The lowest BCUT2D eigenvalue weighted by Gasteiger charge is -2.41. The zero-order valence-corrected chi connectivity index (χ0v) is 35.4. The lowest BCUT2D eigenvalue weighted by Crippen LogP contribution is -2.64. The molecular formula is C44H64N6O7. The normalized spacial score (nSPS) is 24.3. The maximum atomic E-state index is 15.1. The van der Waals surface area contributed by atoms with E-state index in [9.17, 15) is 28.8 Å². The third kappa shape index (κ3) is 9.28. The molecule has 0 spiro atoms. The third-order valence-electron chi connectivity index (χ3n) is 13.0. The summed E-state index contributed by atoms with van der Waals surface area (Å²) in [7, 11) is 0. The van der Waals surface area contributed by atoms with Crippen LogP contribution in [0.5, 0.6) is 0 Å². The molecule has 0 bridgehead atoms. The second-order valence-electron chi connectivity index (χ2n) is 19.6. The van der Waals surface area contributed by atoms with Crippen LogP contribution in [0, 0.1) is 33.5 Å². The zero-order valence-electron chi connectivity index (χ0n) is 35.4. The number of urea groups is 1. The molecule has 4 aliphatic rings. The molecule has 13 heteroatoms. The van der Waals surface area contributed by atoms with Crippen molar-refractivity contribution in [3.05, 3.63) is 48.0 Å². The number of carbonyl (C=O) groups is 7. The first-order valence-electron chi connectivity index (χ1n) is 20.6. The second-order valence-corrected chi connectivity index (χ2v) is 19.6. The minimum Gasteiger partial charge on any atom is -0.346 e. The predicted octanol–water partition coefficient (Wildman–Crippen LogP) is 4.08. The number of imide groups is 1. The average molecular weight is 789 g/mol. The predicted molar refractivity (Wildman–Crippen MR) is 216 cm³/mol. The number of Topliss-reactive ketones (excluding diaryl/α,β-unsaturated/α-hetero) is 1. The molecule has 0 aromatic heterocycles. The van der Waals surface area contributed by atoms with Crippen molar-refractivity contribution in [3.8, 4) is 0 Å². The molecule has 1 saturated carbocycles. The SMILES string of the molecule is C=CCNC(=O)C(=O)C(CCCC)NC(=O)[C@@H]1[C@@H]2[C@H](CN1C(=O)[C@@H](NC(=O)N[C@@H](CN1C(=O)CC(C)(C)CC1=O)C(C)(C)C)C1(C)Cc3ccccc3C1)C2(C)C. The number of piperidine rings is 2. The number of rotatable bonds is 15. The number of nitrogens with one attached hydrogen (secondary N) is 4. The van der Waals surface area contributed by atoms with Crippen LogP contribution in [0.4, 0.5) is 4.79 Å². The Hall–Kier alpha value is -4.55. The monoisotopic (exact) mass is 788 g/mol. The van der Waals surface area contributed by atoms with Crippen molar-refractivity contribution in [1.82, 2.24) is 31.1 Å². The Bertz CT molecular complexity index is 1750. The van der Waals surface area contributed by atoms with Gasteiger partial charge in [-0.05, 0) is 58.5 Å². The highest BCUT2D eigenvalue weighted by atomic mass is 16.2. The number of hydrogen-bond acceptors (Lipinski definition) is 7. The molecule has 7 amide bonds. The summed E-state index contributed by atoms with van der Waals surface area (Å²) in [5.74, 6) is -3.19. The lowest BCUT2D eigenvalue weighted by atomic mass is 9.78. The van der Waals surface area contributed by atoms with E-state index in [0.717, 1.165) is 17.5 Å². The van der Waals surface area contributed by atoms with Gasteiger partial charge < -0.3 is 26.2 Å². The number of nitrogens with zero attached hydrogens (tertiary/aromatic N) is 2. The summed E-state index contributed by atoms with van der Waals surface area (Å²) in [4.78, 5) is 98.9. The Morgan fingerprint density at radius 3 is 2.05 bits per heavy atom. The van der Waals surface area contributed by atoms with Crippen LogP contribution in [-0.4, -0.2) is 95.0 Å². The molecule has 1 aromatic rings. The molecule has 5 rings (SSSR count). The molecule has 2 saturated heterocycles. The number of benzene rings is 1. The van der Waals surface area contributed by atoms with Crippen LogP contribution in [-0.2, 0) is 41.6 Å². The largest absolute Gasteiger partial charge is 0.346 e. The van der Waals surface area contributed by atoms with E-state index >= 15 is 4.79 Å². The van der Waals surface area contributed by atoms with Crippen LogP contribution in [0.15, 0.2) is 36.9 Å². The van der Waals surface area contributed by atoms with E-state index in [1.807, 2.05) is 72.7 Å². The molecule has 2 heterocycles. The number of ketones is 1. The summed E-state index contributed by atoms with van der Waals surface area (Å²) in [6.45, 7) is 21.6. The molecule has 13 nitrogen and oxygen atoms in total. The van der Waals surface area contributed by atoms with Gasteiger partial charge in [-0.15, -0.1) is 6.58 Å². The maximum absolute atomic E-state index is 15.1. The number of likely N-dealkylation sites (tertiary alicyclic amines) is 2. The highest BCUT2D eigenvalue weighted by Crippen LogP contribution is 2.65. The van der Waals surface area contributed by atoms with E-state index in [1.165, 1.54) is 11.0 Å². The van der Waals surface area contributed by atoms with Gasteiger partial charge in [0.05, 0.1) is 12.1 Å². The quantitative estimate of drug-likeness (QED) is 0.118. The minimum atomic E-state index is -1.07. The van der Waals surface area contributed by atoms with Crippen LogP contribution >= 0.6 is 0 Å². The fourth-order valence-electron chi connectivity index (χ4n) is 9.36. The summed E-state index contributed by atoms with van der Waals surface area (Å²) in [6, 6.07) is 3.62. The molecule has 2 aliphatic carbocycles. The second kappa shape index (κ2) is 16.4. The van der Waals surface area contributed by atoms with E-state index in [4.69, 9.17) is 0 Å². The van der Waals surface area contributed by atoms with Crippen molar-refractivity contribution >= 4 is 41.4 Å². The van der Waals surface area contributed by atoms with Gasteiger partial charge in [0.2, 0.25) is 29.4 Å². The number of hydrogen-bond donors (Lipinski definition) is 4. The molecule has 6 atom stereocenters. The number of unbranched alkanes of at least 4 members (excludes halogenated alkanes) is 1. The molecule has 57 heavy (non-hydrogen) atoms. The van der Waals surface area contributed by atoms with Crippen molar-refractivity contribution in [2.24, 2.45) is 33.5 Å². The van der Waals surface area contributed by atoms with Gasteiger partial charge in [0.1, 0.15) is 12.1 Å². The van der Waals surface area contributed by atoms with Gasteiger partial charge in [0.15, 0.2) is 0 Å². The van der Waals surface area contributed by atoms with Crippen LogP contribution in [0.25, 0.3) is 0 Å². The summed E-state index contributed by atoms with van der Waals surface area (Å²) in [5.41, 5.74) is 0.118. The van der Waals surface area contributed by atoms with E-state index in [2.05, 4.69) is 41.7 Å². The van der Waals surface area contributed by atoms with Gasteiger partial charge in [0, 0.05) is 37.9 Å². The summed E-state index contributed by atoms with van der Waals surface area (Å²) < 4.78 is 0. The molecule has 0 radical (unpaired) electrons. The Kier molecular flexibility index (Phi) is 12.5.